The van der Waals surface area contributed by atoms with Crippen LogP contribution in [-0.4, -0.2) is 17.8 Å². The molecule has 2 nitrogen and oxygen atoms in total. The first-order valence-electron chi connectivity index (χ1n) is 13.5. The van der Waals surface area contributed by atoms with E-state index in [0.29, 0.717) is 12.8 Å². The van der Waals surface area contributed by atoms with Gasteiger partial charge in [-0.05, 0) is 68.0 Å². The normalized spacial score (nSPS) is 12.1. The van der Waals surface area contributed by atoms with Gasteiger partial charge in [0.1, 0.15) is 11.9 Å². The average Bonchev–Trinajstić information content (AvgIpc) is 2.84. The van der Waals surface area contributed by atoms with Gasteiger partial charge < -0.3 is 4.74 Å². The molecule has 2 rings (SSSR count). The number of nitrogens with zero attached hydrogens (tertiary/aromatic N) is 1. The second-order valence-corrected chi connectivity index (χ2v) is 9.38. The van der Waals surface area contributed by atoms with E-state index in [4.69, 9.17) is 4.74 Å². The minimum Gasteiger partial charge on any atom is -0.494 e. The summed E-state index contributed by atoms with van der Waals surface area (Å²) in [5, 5.41) is 0. The Morgan fingerprint density at radius 2 is 1.36 bits per heavy atom. The third kappa shape index (κ3) is 12.2. The molecule has 0 spiro atoms. The number of hydrogen-bond acceptors (Lipinski definition) is 2. The molecule has 1 unspecified atom stereocenters. The predicted octanol–water partition coefficient (Wildman–Crippen LogP) is 9.51. The van der Waals surface area contributed by atoms with Crippen LogP contribution in [0.15, 0.2) is 42.6 Å². The molecule has 1 aromatic carbocycles. The van der Waals surface area contributed by atoms with E-state index in [-0.39, 0.29) is 0 Å². The predicted molar refractivity (Wildman–Crippen MR) is 140 cm³/mol. The first-order valence-corrected chi connectivity index (χ1v) is 13.5. The van der Waals surface area contributed by atoms with Crippen LogP contribution in [0.25, 0.3) is 11.3 Å². The van der Waals surface area contributed by atoms with Crippen LogP contribution in [0.1, 0.15) is 109 Å². The molecule has 0 saturated carbocycles. The molecule has 1 atom stereocenters. The van der Waals surface area contributed by atoms with Crippen LogP contribution in [0.3, 0.4) is 0 Å². The van der Waals surface area contributed by atoms with Crippen molar-refractivity contribution >= 4 is 0 Å². The van der Waals surface area contributed by atoms with E-state index in [9.17, 15) is 4.39 Å². The minimum absolute atomic E-state index is 0.653. The average molecular weight is 456 g/mol. The Kier molecular flexibility index (Phi) is 14.6. The first-order chi connectivity index (χ1) is 16.2. The van der Waals surface area contributed by atoms with Crippen LogP contribution >= 0.6 is 0 Å². The van der Waals surface area contributed by atoms with Gasteiger partial charge in [-0.2, -0.15) is 0 Å². The zero-order chi connectivity index (χ0) is 23.6. The molecule has 0 aliphatic rings. The van der Waals surface area contributed by atoms with E-state index in [1.54, 1.807) is 0 Å². The van der Waals surface area contributed by atoms with Crippen molar-refractivity contribution in [3.63, 3.8) is 0 Å². The number of hydrogen-bond donors (Lipinski definition) is 0. The number of aryl methyl sites for hydroxylation is 1. The lowest BCUT2D eigenvalue weighted by molar-refractivity contribution is 0.283. The highest BCUT2D eigenvalue weighted by Gasteiger charge is 2.07. The second kappa shape index (κ2) is 17.6. The number of rotatable bonds is 19. The number of benzene rings is 1. The van der Waals surface area contributed by atoms with Crippen molar-refractivity contribution in [2.45, 2.75) is 116 Å². The highest BCUT2D eigenvalue weighted by molar-refractivity contribution is 5.60. The zero-order valence-electron chi connectivity index (χ0n) is 21.2. The summed E-state index contributed by atoms with van der Waals surface area (Å²) in [4.78, 5) is 4.62. The molecule has 0 fully saturated rings. The third-order valence-electron chi connectivity index (χ3n) is 6.35. The largest absolute Gasteiger partial charge is 0.494 e. The summed E-state index contributed by atoms with van der Waals surface area (Å²) in [6.45, 7) is 5.21. The van der Waals surface area contributed by atoms with Crippen molar-refractivity contribution in [2.75, 3.05) is 6.61 Å². The SMILES string of the molecule is CCCCCCCCCCOc1ccc(-c2ccc(CCCC(F)CCCCC)cn2)cc1. The van der Waals surface area contributed by atoms with E-state index in [1.165, 1.54) is 50.5 Å². The Bertz CT molecular complexity index is 713. The van der Waals surface area contributed by atoms with E-state index in [0.717, 1.165) is 62.1 Å². The lowest BCUT2D eigenvalue weighted by Crippen LogP contribution is -2.01. The molecule has 184 valence electrons. The molecule has 0 bridgehead atoms. The maximum Gasteiger partial charge on any atom is 0.119 e. The highest BCUT2D eigenvalue weighted by Crippen LogP contribution is 2.22. The Labute approximate surface area is 202 Å². The van der Waals surface area contributed by atoms with Gasteiger partial charge in [-0.3, -0.25) is 4.98 Å². The van der Waals surface area contributed by atoms with E-state index < -0.39 is 6.17 Å². The summed E-state index contributed by atoms with van der Waals surface area (Å²) in [5.41, 5.74) is 3.25. The van der Waals surface area contributed by atoms with Crippen LogP contribution in [0.2, 0.25) is 0 Å². The zero-order valence-corrected chi connectivity index (χ0v) is 21.2. The van der Waals surface area contributed by atoms with Crippen molar-refractivity contribution in [2.24, 2.45) is 0 Å². The molecule has 0 aliphatic carbocycles. The van der Waals surface area contributed by atoms with Gasteiger partial charge in [0.25, 0.3) is 0 Å². The summed E-state index contributed by atoms with van der Waals surface area (Å²) in [7, 11) is 0. The Hall–Kier alpha value is -1.90. The lowest BCUT2D eigenvalue weighted by Gasteiger charge is -2.09. The fourth-order valence-electron chi connectivity index (χ4n) is 4.18. The highest BCUT2D eigenvalue weighted by atomic mass is 19.1. The van der Waals surface area contributed by atoms with Gasteiger partial charge in [-0.1, -0.05) is 84.1 Å². The van der Waals surface area contributed by atoms with Gasteiger partial charge in [0.05, 0.1) is 12.3 Å². The molecule has 33 heavy (non-hydrogen) atoms. The third-order valence-corrected chi connectivity index (χ3v) is 6.35. The van der Waals surface area contributed by atoms with Crippen molar-refractivity contribution in [1.29, 1.82) is 0 Å². The molecule has 3 heteroatoms. The fraction of sp³-hybridized carbons (Fsp3) is 0.633. The van der Waals surface area contributed by atoms with Crippen LogP contribution in [0.4, 0.5) is 4.39 Å². The minimum atomic E-state index is -0.653. The molecular weight excluding hydrogens is 409 g/mol. The summed E-state index contributed by atoms with van der Waals surface area (Å²) >= 11 is 0. The number of halogens is 1. The molecule has 1 aromatic heterocycles. The summed E-state index contributed by atoms with van der Waals surface area (Å²) in [5.74, 6) is 0.929. The topological polar surface area (TPSA) is 22.1 Å². The molecule has 0 saturated heterocycles. The standard InChI is InChI=1S/C30H46FNO/c1-3-5-7-8-9-10-11-13-24-33-29-21-19-27(20-22-29)30-23-18-26(25-32-30)15-14-17-28(31)16-12-6-4-2/h18-23,25,28H,3-17,24H2,1-2H3. The van der Waals surface area contributed by atoms with Gasteiger partial charge in [0.15, 0.2) is 0 Å². The van der Waals surface area contributed by atoms with Crippen LogP contribution < -0.4 is 4.74 Å². The summed E-state index contributed by atoms with van der Waals surface area (Å²) in [6, 6.07) is 12.4. The molecule has 2 aromatic rings. The maximum atomic E-state index is 13.9. The number of pyridine rings is 1. The van der Waals surface area contributed by atoms with Gasteiger partial charge in [-0.25, -0.2) is 4.39 Å². The number of unbranched alkanes of at least 4 members (excludes halogenated alkanes) is 9. The summed E-state index contributed by atoms with van der Waals surface area (Å²) < 4.78 is 19.8. The lowest BCUT2D eigenvalue weighted by atomic mass is 10.0. The molecular formula is C30H46FNO. The maximum absolute atomic E-state index is 13.9. The number of aromatic nitrogens is 1. The van der Waals surface area contributed by atoms with Crippen molar-refractivity contribution in [1.82, 2.24) is 4.98 Å². The quantitative estimate of drug-likeness (QED) is 0.197. The van der Waals surface area contributed by atoms with E-state index in [2.05, 4.69) is 43.1 Å². The van der Waals surface area contributed by atoms with E-state index >= 15 is 0 Å². The Balaban J connectivity index is 1.63. The first kappa shape index (κ1) is 27.3. The molecule has 0 amide bonds. The smallest absolute Gasteiger partial charge is 0.119 e. The molecule has 0 radical (unpaired) electrons. The van der Waals surface area contributed by atoms with Gasteiger partial charge in [-0.15, -0.1) is 0 Å². The van der Waals surface area contributed by atoms with Crippen molar-refractivity contribution < 1.29 is 9.13 Å². The van der Waals surface area contributed by atoms with Crippen molar-refractivity contribution in [3.05, 3.63) is 48.2 Å². The number of ether oxygens (including phenoxy) is 1. The molecule has 1 heterocycles. The van der Waals surface area contributed by atoms with E-state index in [1.807, 2.05) is 18.3 Å². The molecule has 0 aliphatic heterocycles. The van der Waals surface area contributed by atoms with Crippen LogP contribution in [0.5, 0.6) is 5.75 Å². The Morgan fingerprint density at radius 3 is 2.03 bits per heavy atom. The fourth-order valence-corrected chi connectivity index (χ4v) is 4.18. The Morgan fingerprint density at radius 1 is 0.727 bits per heavy atom. The summed E-state index contributed by atoms with van der Waals surface area (Å²) in [6.07, 6.45) is 18.2. The van der Waals surface area contributed by atoms with Gasteiger partial charge in [0.2, 0.25) is 0 Å². The van der Waals surface area contributed by atoms with Crippen molar-refractivity contribution in [3.8, 4) is 17.0 Å². The second-order valence-electron chi connectivity index (χ2n) is 9.38. The van der Waals surface area contributed by atoms with Gasteiger partial charge in [0, 0.05) is 11.8 Å². The van der Waals surface area contributed by atoms with Crippen LogP contribution in [0, 0.1) is 0 Å². The molecule has 0 N–H and O–H groups in total. The van der Waals surface area contributed by atoms with Gasteiger partial charge >= 0.3 is 0 Å². The van der Waals surface area contributed by atoms with Crippen LogP contribution in [-0.2, 0) is 6.42 Å². The number of alkyl halides is 1. The monoisotopic (exact) mass is 455 g/mol.